The molecule has 2 fully saturated rings. The van der Waals surface area contributed by atoms with E-state index in [2.05, 4.69) is 10.2 Å². The molecule has 0 saturated carbocycles. The molecule has 2 saturated heterocycles. The topological polar surface area (TPSA) is 41.6 Å². The number of ether oxygens (including phenoxy) is 1. The summed E-state index contributed by atoms with van der Waals surface area (Å²) in [4.78, 5) is 14.7. The molecule has 8 heteroatoms. The van der Waals surface area contributed by atoms with Crippen molar-refractivity contribution in [3.63, 3.8) is 0 Å². The van der Waals surface area contributed by atoms with Crippen molar-refractivity contribution in [1.29, 1.82) is 0 Å². The van der Waals surface area contributed by atoms with Gasteiger partial charge in [-0.3, -0.25) is 9.69 Å². The van der Waals surface area contributed by atoms with Crippen LogP contribution in [0.4, 0.5) is 13.2 Å². The number of rotatable bonds is 4. The van der Waals surface area contributed by atoms with Crippen molar-refractivity contribution in [2.24, 2.45) is 0 Å². The summed E-state index contributed by atoms with van der Waals surface area (Å²) in [5.74, 6) is 1.19. The molecule has 1 aromatic rings. The van der Waals surface area contributed by atoms with Gasteiger partial charge in [-0.1, -0.05) is 12.1 Å². The molecule has 1 N–H and O–H groups in total. The maximum Gasteiger partial charge on any atom is 0.417 e. The Bertz CT molecular complexity index is 612. The first-order valence-electron chi connectivity index (χ1n) is 8.27. The van der Waals surface area contributed by atoms with E-state index < -0.39 is 17.6 Å². The van der Waals surface area contributed by atoms with Crippen LogP contribution in [0.25, 0.3) is 0 Å². The molecule has 0 spiro atoms. The number of hydrogen-bond acceptors (Lipinski definition) is 4. The van der Waals surface area contributed by atoms with Gasteiger partial charge in [0.25, 0.3) is 5.91 Å². The zero-order valence-corrected chi connectivity index (χ0v) is 14.6. The fourth-order valence-corrected chi connectivity index (χ4v) is 4.88. The number of halogens is 3. The minimum Gasteiger partial charge on any atom is -0.379 e. The van der Waals surface area contributed by atoms with Gasteiger partial charge < -0.3 is 10.1 Å². The van der Waals surface area contributed by atoms with Crippen molar-refractivity contribution in [2.45, 2.75) is 18.1 Å². The molecular formula is C17H21F3N2O2S. The summed E-state index contributed by atoms with van der Waals surface area (Å²) in [5.41, 5.74) is -1.41. The van der Waals surface area contributed by atoms with Crippen molar-refractivity contribution < 1.29 is 22.7 Å². The third kappa shape index (κ3) is 4.12. The standard InChI is InChI=1S/C17H21F3N2O2S/c18-17(19,20)14-4-2-1-3-13(14)15(23)21-11-16(5-10-25-12-16)22-6-8-24-9-7-22/h1-4H,5-12H2,(H,21,23)/t16-/m0/s1. The van der Waals surface area contributed by atoms with Crippen LogP contribution >= 0.6 is 11.8 Å². The molecule has 1 aromatic carbocycles. The van der Waals surface area contributed by atoms with Crippen LogP contribution in [0.5, 0.6) is 0 Å². The zero-order valence-electron chi connectivity index (χ0n) is 13.8. The largest absolute Gasteiger partial charge is 0.417 e. The van der Waals surface area contributed by atoms with Crippen LogP contribution in [-0.4, -0.2) is 60.7 Å². The number of benzene rings is 1. The number of morpholine rings is 1. The Morgan fingerprint density at radius 2 is 2.00 bits per heavy atom. The lowest BCUT2D eigenvalue weighted by Crippen LogP contribution is -2.59. The van der Waals surface area contributed by atoms with Gasteiger partial charge in [-0.2, -0.15) is 24.9 Å². The number of amides is 1. The van der Waals surface area contributed by atoms with Crippen LogP contribution in [0.2, 0.25) is 0 Å². The molecule has 3 rings (SSSR count). The molecule has 0 bridgehead atoms. The molecule has 0 aliphatic carbocycles. The lowest BCUT2D eigenvalue weighted by atomic mass is 9.95. The molecular weight excluding hydrogens is 353 g/mol. The maximum atomic E-state index is 13.1. The Morgan fingerprint density at radius 1 is 1.28 bits per heavy atom. The van der Waals surface area contributed by atoms with Gasteiger partial charge in [0.2, 0.25) is 0 Å². The van der Waals surface area contributed by atoms with Crippen molar-refractivity contribution >= 4 is 17.7 Å². The molecule has 1 atom stereocenters. The number of alkyl halides is 3. The van der Waals surface area contributed by atoms with Gasteiger partial charge in [0.05, 0.1) is 24.3 Å². The van der Waals surface area contributed by atoms with Crippen LogP contribution in [0, 0.1) is 0 Å². The normalized spacial score (nSPS) is 25.1. The smallest absolute Gasteiger partial charge is 0.379 e. The van der Waals surface area contributed by atoms with Crippen LogP contribution in [0.1, 0.15) is 22.3 Å². The zero-order chi connectivity index (χ0) is 17.9. The van der Waals surface area contributed by atoms with Crippen molar-refractivity contribution in [2.75, 3.05) is 44.4 Å². The Kier molecular flexibility index (Phi) is 5.60. The third-order valence-corrected chi connectivity index (χ3v) is 6.05. The van der Waals surface area contributed by atoms with Gasteiger partial charge in [0.1, 0.15) is 0 Å². The fraction of sp³-hybridized carbons (Fsp3) is 0.588. The van der Waals surface area contributed by atoms with Gasteiger partial charge in [0.15, 0.2) is 0 Å². The summed E-state index contributed by atoms with van der Waals surface area (Å²) >= 11 is 1.82. The van der Waals surface area contributed by atoms with Gasteiger partial charge >= 0.3 is 6.18 Å². The van der Waals surface area contributed by atoms with Crippen molar-refractivity contribution in [3.8, 4) is 0 Å². The molecule has 2 aliphatic heterocycles. The van der Waals surface area contributed by atoms with Crippen LogP contribution in [0.3, 0.4) is 0 Å². The minimum absolute atomic E-state index is 0.197. The summed E-state index contributed by atoms with van der Waals surface area (Å²) in [5, 5.41) is 2.76. The average Bonchev–Trinajstić information content (AvgIpc) is 3.10. The highest BCUT2D eigenvalue weighted by molar-refractivity contribution is 7.99. The highest BCUT2D eigenvalue weighted by Crippen LogP contribution is 2.34. The number of thioether (sulfide) groups is 1. The van der Waals surface area contributed by atoms with Crippen molar-refractivity contribution in [1.82, 2.24) is 10.2 Å². The predicted molar refractivity (Wildman–Crippen MR) is 90.8 cm³/mol. The highest BCUT2D eigenvalue weighted by atomic mass is 32.2. The first-order valence-corrected chi connectivity index (χ1v) is 9.43. The molecule has 1 amide bonds. The summed E-state index contributed by atoms with van der Waals surface area (Å²) in [6.07, 6.45) is -3.63. The number of carbonyl (C=O) groups excluding carboxylic acids is 1. The molecule has 2 aliphatic rings. The first kappa shape index (κ1) is 18.5. The Labute approximate surface area is 149 Å². The summed E-state index contributed by atoms with van der Waals surface area (Å²) < 4.78 is 44.7. The van der Waals surface area contributed by atoms with Crippen LogP contribution < -0.4 is 5.32 Å². The van der Waals surface area contributed by atoms with E-state index in [9.17, 15) is 18.0 Å². The molecule has 0 aromatic heterocycles. The average molecular weight is 374 g/mol. The van der Waals surface area contributed by atoms with E-state index in [0.717, 1.165) is 37.1 Å². The van der Waals surface area contributed by atoms with Crippen molar-refractivity contribution in [3.05, 3.63) is 35.4 Å². The first-order chi connectivity index (χ1) is 11.9. The van der Waals surface area contributed by atoms with E-state index >= 15 is 0 Å². The second kappa shape index (κ2) is 7.55. The lowest BCUT2D eigenvalue weighted by Gasteiger charge is -2.43. The molecule has 4 nitrogen and oxygen atoms in total. The summed E-state index contributed by atoms with van der Waals surface area (Å²) in [6.45, 7) is 3.23. The SMILES string of the molecule is O=C(NC[C@@]1(N2CCOCC2)CCSC1)c1ccccc1C(F)(F)F. The van der Waals surface area contributed by atoms with Crippen LogP contribution in [-0.2, 0) is 10.9 Å². The summed E-state index contributed by atoms with van der Waals surface area (Å²) in [6, 6.07) is 4.91. The number of carbonyl (C=O) groups is 1. The fourth-order valence-electron chi connectivity index (χ4n) is 3.40. The molecule has 25 heavy (non-hydrogen) atoms. The van der Waals surface area contributed by atoms with E-state index in [1.54, 1.807) is 0 Å². The molecule has 138 valence electrons. The highest BCUT2D eigenvalue weighted by Gasteiger charge is 2.41. The van der Waals surface area contributed by atoms with E-state index in [-0.39, 0.29) is 11.1 Å². The maximum absolute atomic E-state index is 13.1. The van der Waals surface area contributed by atoms with Gasteiger partial charge in [-0.25, -0.2) is 0 Å². The van der Waals surface area contributed by atoms with Gasteiger partial charge in [0, 0.05) is 30.9 Å². The number of nitrogens with one attached hydrogen (secondary N) is 1. The molecule has 0 radical (unpaired) electrons. The predicted octanol–water partition coefficient (Wildman–Crippen LogP) is 2.64. The monoisotopic (exact) mass is 374 g/mol. The molecule has 0 unspecified atom stereocenters. The third-order valence-electron chi connectivity index (χ3n) is 4.82. The minimum atomic E-state index is -4.54. The lowest BCUT2D eigenvalue weighted by molar-refractivity contribution is -0.137. The second-order valence-electron chi connectivity index (χ2n) is 6.35. The van der Waals surface area contributed by atoms with Gasteiger partial charge in [-0.15, -0.1) is 0 Å². The second-order valence-corrected chi connectivity index (χ2v) is 7.46. The quantitative estimate of drug-likeness (QED) is 0.880. The van der Waals surface area contributed by atoms with E-state index in [4.69, 9.17) is 4.74 Å². The Hall–Kier alpha value is -1.25. The summed E-state index contributed by atoms with van der Waals surface area (Å²) in [7, 11) is 0. The molecule has 2 heterocycles. The van der Waals surface area contributed by atoms with Gasteiger partial charge in [-0.05, 0) is 24.3 Å². The van der Waals surface area contributed by atoms with Crippen LogP contribution in [0.15, 0.2) is 24.3 Å². The number of nitrogens with zero attached hydrogens (tertiary/aromatic N) is 1. The Balaban J connectivity index is 1.73. The number of hydrogen-bond donors (Lipinski definition) is 1. The van der Waals surface area contributed by atoms with E-state index in [1.807, 2.05) is 11.8 Å². The van der Waals surface area contributed by atoms with E-state index in [0.29, 0.717) is 19.8 Å². The van der Waals surface area contributed by atoms with E-state index in [1.165, 1.54) is 18.2 Å². The Morgan fingerprint density at radius 3 is 2.64 bits per heavy atom.